The Morgan fingerprint density at radius 2 is 1.72 bits per heavy atom. The van der Waals surface area contributed by atoms with Crippen LogP contribution in [0.15, 0.2) is 30.3 Å². The van der Waals surface area contributed by atoms with E-state index < -0.39 is 0 Å². The van der Waals surface area contributed by atoms with Crippen molar-refractivity contribution in [3.05, 3.63) is 40.8 Å². The number of hydrogen-bond donors (Lipinski definition) is 0. The van der Waals surface area contributed by atoms with Gasteiger partial charge >= 0.3 is 5.97 Å². The van der Waals surface area contributed by atoms with E-state index >= 15 is 0 Å². The first-order valence-electron chi connectivity index (χ1n) is 14.7. The van der Waals surface area contributed by atoms with Crippen LogP contribution >= 0.6 is 11.3 Å². The molecule has 2 aliphatic heterocycles. The molecule has 2 aromatic heterocycles. The number of ether oxygens (including phenoxy) is 1. The molecule has 6 rings (SSSR count). The maximum absolute atomic E-state index is 13.5. The molecule has 1 aliphatic carbocycles. The third kappa shape index (κ3) is 4.97. The molecule has 3 aromatic rings. The van der Waals surface area contributed by atoms with Crippen molar-refractivity contribution in [1.29, 1.82) is 0 Å². The van der Waals surface area contributed by atoms with E-state index in [0.717, 1.165) is 57.0 Å². The maximum Gasteiger partial charge on any atom is 0.348 e. The van der Waals surface area contributed by atoms with Gasteiger partial charge in [-0.3, -0.25) is 4.79 Å². The van der Waals surface area contributed by atoms with E-state index in [-0.39, 0.29) is 11.9 Å². The molecule has 0 atom stereocenters. The second-order valence-corrected chi connectivity index (χ2v) is 12.2. The number of piperazine rings is 1. The van der Waals surface area contributed by atoms with E-state index in [2.05, 4.69) is 45.6 Å². The largest absolute Gasteiger partial charge is 0.465 e. The lowest BCUT2D eigenvalue weighted by Crippen LogP contribution is -2.51. The molecule has 0 spiro atoms. The summed E-state index contributed by atoms with van der Waals surface area (Å²) in [6, 6.07) is 10.7. The third-order valence-electron chi connectivity index (χ3n) is 9.01. The summed E-state index contributed by atoms with van der Waals surface area (Å²) in [5.41, 5.74) is 6.18. The van der Waals surface area contributed by atoms with Crippen LogP contribution in [-0.2, 0) is 16.1 Å². The summed E-state index contributed by atoms with van der Waals surface area (Å²) in [5.74, 6) is 0.429. The highest BCUT2D eigenvalue weighted by atomic mass is 32.1. The average Bonchev–Trinajstić information content (AvgIpc) is 3.33. The van der Waals surface area contributed by atoms with Crippen LogP contribution in [0.5, 0.6) is 0 Å². The highest BCUT2D eigenvalue weighted by molar-refractivity contribution is 7.21. The lowest BCUT2D eigenvalue weighted by atomic mass is 9.89. The molecular weight excluding hydrogens is 508 g/mol. The Morgan fingerprint density at radius 1 is 0.974 bits per heavy atom. The van der Waals surface area contributed by atoms with E-state index in [9.17, 15) is 9.59 Å². The normalized spacial score (nSPS) is 18.9. The number of nitrogens with zero attached hydrogens (tertiary/aromatic N) is 4. The van der Waals surface area contributed by atoms with Crippen molar-refractivity contribution in [2.45, 2.75) is 57.9 Å². The fraction of sp³-hybridized carbons (Fsp3) is 0.548. The smallest absolute Gasteiger partial charge is 0.348 e. The quantitative estimate of drug-likeness (QED) is 0.308. The number of amides is 1. The first-order chi connectivity index (χ1) is 19.1. The molecule has 2 fully saturated rings. The zero-order chi connectivity index (χ0) is 26.9. The second kappa shape index (κ2) is 11.3. The number of methoxy groups -OCH3 is 1. The molecule has 1 saturated heterocycles. The van der Waals surface area contributed by atoms with Crippen LogP contribution < -0.4 is 4.90 Å². The van der Waals surface area contributed by atoms with E-state index in [4.69, 9.17) is 4.74 Å². The Bertz CT molecular complexity index is 1350. The molecule has 0 unspecified atom stereocenters. The number of carbonyl (C=O) groups is 2. The molecule has 208 valence electrons. The molecule has 0 N–H and O–H groups in total. The van der Waals surface area contributed by atoms with Crippen molar-refractivity contribution < 1.29 is 14.3 Å². The molecule has 0 radical (unpaired) electrons. The molecule has 7 nitrogen and oxygen atoms in total. The summed E-state index contributed by atoms with van der Waals surface area (Å²) in [6.45, 7) is 8.67. The van der Waals surface area contributed by atoms with Gasteiger partial charge in [-0.2, -0.15) is 0 Å². The van der Waals surface area contributed by atoms with Gasteiger partial charge in [0.2, 0.25) is 5.91 Å². The highest BCUT2D eigenvalue weighted by Crippen LogP contribution is 2.49. The van der Waals surface area contributed by atoms with Crippen LogP contribution in [0.2, 0.25) is 0 Å². The van der Waals surface area contributed by atoms with Gasteiger partial charge in [0.1, 0.15) is 4.88 Å². The standard InChI is InChI=1S/C31H40N4O3S/c1-3-32-14-16-33(17-15-32)27(36)21-34-18-19-35-25-20-26(31(37)38-2)39-30(25)28(22-10-6-4-5-7-11-22)29(35)23-12-8-9-13-24(23)34/h8-9,12-13,20,22H,3-7,10-11,14-19,21H2,1-2H3. The van der Waals surface area contributed by atoms with Crippen LogP contribution in [0.25, 0.3) is 21.5 Å². The Morgan fingerprint density at radius 3 is 2.44 bits per heavy atom. The Balaban J connectivity index is 1.40. The van der Waals surface area contributed by atoms with E-state index in [1.54, 1.807) is 11.3 Å². The van der Waals surface area contributed by atoms with Crippen LogP contribution in [0.4, 0.5) is 5.69 Å². The van der Waals surface area contributed by atoms with Crippen molar-refractivity contribution >= 4 is 39.1 Å². The minimum atomic E-state index is -0.262. The van der Waals surface area contributed by atoms with Crippen molar-refractivity contribution in [2.75, 3.05) is 57.8 Å². The van der Waals surface area contributed by atoms with Gasteiger partial charge in [0.05, 0.1) is 29.6 Å². The summed E-state index contributed by atoms with van der Waals surface area (Å²) in [4.78, 5) is 33.4. The lowest BCUT2D eigenvalue weighted by Gasteiger charge is -2.35. The van der Waals surface area contributed by atoms with Gasteiger partial charge in [0.15, 0.2) is 0 Å². The Hall–Kier alpha value is -2.84. The van der Waals surface area contributed by atoms with Crippen molar-refractivity contribution in [1.82, 2.24) is 14.4 Å². The van der Waals surface area contributed by atoms with Crippen LogP contribution in [0, 0.1) is 0 Å². The predicted octanol–water partition coefficient (Wildman–Crippen LogP) is 5.58. The van der Waals surface area contributed by atoms with E-state index in [0.29, 0.717) is 17.3 Å². The number of rotatable bonds is 5. The van der Waals surface area contributed by atoms with Gasteiger partial charge in [0, 0.05) is 50.5 Å². The first-order valence-corrected chi connectivity index (χ1v) is 15.5. The van der Waals surface area contributed by atoms with Crippen molar-refractivity contribution in [2.24, 2.45) is 0 Å². The Labute approximate surface area is 235 Å². The maximum atomic E-state index is 13.5. The fourth-order valence-electron chi connectivity index (χ4n) is 6.85. The minimum absolute atomic E-state index is 0.213. The number of hydrogen-bond acceptors (Lipinski definition) is 6. The molecule has 1 aromatic carbocycles. The summed E-state index contributed by atoms with van der Waals surface area (Å²) in [6.07, 6.45) is 7.47. The lowest BCUT2D eigenvalue weighted by molar-refractivity contribution is -0.131. The molecule has 1 amide bonds. The fourth-order valence-corrected chi connectivity index (χ4v) is 8.05. The minimum Gasteiger partial charge on any atom is -0.465 e. The van der Waals surface area contributed by atoms with Crippen LogP contribution in [0.3, 0.4) is 0 Å². The number of para-hydroxylation sites is 1. The predicted molar refractivity (Wildman–Crippen MR) is 158 cm³/mol. The molecule has 4 heterocycles. The molecule has 0 bridgehead atoms. The van der Waals surface area contributed by atoms with Gasteiger partial charge in [-0.25, -0.2) is 4.79 Å². The number of carbonyl (C=O) groups excluding carboxylic acids is 2. The molecule has 3 aliphatic rings. The Kier molecular flexibility index (Phi) is 7.67. The van der Waals surface area contributed by atoms with Gasteiger partial charge in [-0.1, -0.05) is 50.8 Å². The number of aromatic nitrogens is 1. The number of anilines is 1. The molecular formula is C31H40N4O3S. The number of fused-ring (bicyclic) bond motifs is 5. The van der Waals surface area contributed by atoms with Gasteiger partial charge < -0.3 is 24.0 Å². The number of esters is 1. The van der Waals surface area contributed by atoms with Crippen molar-refractivity contribution in [3.8, 4) is 11.3 Å². The highest BCUT2D eigenvalue weighted by Gasteiger charge is 2.33. The van der Waals surface area contributed by atoms with E-state index in [1.807, 2.05) is 11.0 Å². The third-order valence-corrected chi connectivity index (χ3v) is 10.2. The summed E-state index contributed by atoms with van der Waals surface area (Å²) < 4.78 is 8.78. The van der Waals surface area contributed by atoms with Crippen molar-refractivity contribution in [3.63, 3.8) is 0 Å². The van der Waals surface area contributed by atoms with E-state index in [1.165, 1.54) is 67.2 Å². The monoisotopic (exact) mass is 548 g/mol. The van der Waals surface area contributed by atoms with Gasteiger partial charge in [-0.15, -0.1) is 11.3 Å². The van der Waals surface area contributed by atoms with Gasteiger partial charge in [0.25, 0.3) is 0 Å². The SMILES string of the molecule is CCN1CCN(C(=O)CN2CCn3c(c(C4CCCCCC4)c4sc(C(=O)OC)cc43)-c3ccccc32)CC1. The number of benzene rings is 1. The zero-order valence-corrected chi connectivity index (χ0v) is 24.1. The van der Waals surface area contributed by atoms with Gasteiger partial charge in [-0.05, 0) is 43.0 Å². The summed E-state index contributed by atoms with van der Waals surface area (Å²) >= 11 is 1.59. The second-order valence-electron chi connectivity index (χ2n) is 11.2. The number of thiophene rings is 1. The summed E-state index contributed by atoms with van der Waals surface area (Å²) in [7, 11) is 1.46. The first kappa shape index (κ1) is 26.4. The average molecular weight is 549 g/mol. The molecule has 8 heteroatoms. The number of likely N-dealkylation sites (N-methyl/N-ethyl adjacent to an activating group) is 1. The topological polar surface area (TPSA) is 58.0 Å². The molecule has 39 heavy (non-hydrogen) atoms. The van der Waals surface area contributed by atoms with Crippen LogP contribution in [-0.4, -0.2) is 79.2 Å². The summed E-state index contributed by atoms with van der Waals surface area (Å²) in [5, 5.41) is 0. The molecule has 1 saturated carbocycles. The van der Waals surface area contributed by atoms with Crippen LogP contribution in [0.1, 0.15) is 66.6 Å². The zero-order valence-electron chi connectivity index (χ0n) is 23.3.